The molecule has 0 radical (unpaired) electrons. The van der Waals surface area contributed by atoms with E-state index < -0.39 is 11.9 Å². The SMILES string of the molecule is Cc1cc(Cc2nccn3c(C4=CCN=C4C(F)(F)F)cnc23)ccc1C(=O)C[C@H]1CC[C@@H](CC(=O)[C@H]2CC[C@H](C)C2)CC1. The predicted octanol–water partition coefficient (Wildman–Crippen LogP) is 7.80. The molecule has 9 heteroatoms. The number of Topliss-reactive ketones (excluding diaryl/α,β-unsaturated/α-hetero) is 2. The second-order valence-corrected chi connectivity index (χ2v) is 13.1. The van der Waals surface area contributed by atoms with Crippen molar-refractivity contribution >= 4 is 28.5 Å². The number of alkyl halides is 3. The number of hydrogen-bond donors (Lipinski definition) is 0. The summed E-state index contributed by atoms with van der Waals surface area (Å²) in [5.74, 6) is 2.37. The first-order chi connectivity index (χ1) is 21.1. The number of rotatable bonds is 9. The number of aliphatic imine (C=N–C) groups is 1. The minimum absolute atomic E-state index is 0.0121. The van der Waals surface area contributed by atoms with Crippen LogP contribution in [0.1, 0.15) is 97.6 Å². The summed E-state index contributed by atoms with van der Waals surface area (Å²) < 4.78 is 42.1. The maximum Gasteiger partial charge on any atom is 0.433 e. The van der Waals surface area contributed by atoms with Crippen molar-refractivity contribution < 1.29 is 22.8 Å². The fourth-order valence-electron chi connectivity index (χ4n) is 7.48. The number of nitrogens with zero attached hydrogens (tertiary/aromatic N) is 4. The summed E-state index contributed by atoms with van der Waals surface area (Å²) in [5, 5.41) is 0. The first kappa shape index (κ1) is 30.4. The minimum Gasteiger partial charge on any atom is -0.299 e. The second kappa shape index (κ2) is 12.4. The van der Waals surface area contributed by atoms with Crippen molar-refractivity contribution in [3.63, 3.8) is 0 Å². The summed E-state index contributed by atoms with van der Waals surface area (Å²) >= 11 is 0. The third kappa shape index (κ3) is 6.42. The molecule has 3 heterocycles. The molecule has 1 aromatic carbocycles. The first-order valence-corrected chi connectivity index (χ1v) is 15.9. The quantitative estimate of drug-likeness (QED) is 0.234. The number of aromatic nitrogens is 3. The summed E-state index contributed by atoms with van der Waals surface area (Å²) in [6.07, 6.45) is 10.5. The van der Waals surface area contributed by atoms with Crippen molar-refractivity contribution in [1.29, 1.82) is 0 Å². The molecule has 6 rings (SSSR count). The van der Waals surface area contributed by atoms with Gasteiger partial charge in [-0.3, -0.25) is 24.0 Å². The molecule has 2 saturated carbocycles. The second-order valence-electron chi connectivity index (χ2n) is 13.1. The van der Waals surface area contributed by atoms with Gasteiger partial charge in [-0.25, -0.2) is 4.98 Å². The molecule has 2 aromatic heterocycles. The van der Waals surface area contributed by atoms with E-state index in [4.69, 9.17) is 0 Å². The third-order valence-electron chi connectivity index (χ3n) is 9.89. The summed E-state index contributed by atoms with van der Waals surface area (Å²) in [6, 6.07) is 5.80. The Hall–Kier alpha value is -3.62. The number of benzene rings is 1. The first-order valence-electron chi connectivity index (χ1n) is 15.9. The number of ketones is 2. The van der Waals surface area contributed by atoms with Gasteiger partial charge in [0.05, 0.1) is 24.1 Å². The molecule has 2 atom stereocenters. The van der Waals surface area contributed by atoms with E-state index in [9.17, 15) is 22.8 Å². The monoisotopic (exact) mass is 604 g/mol. The van der Waals surface area contributed by atoms with Gasteiger partial charge in [-0.15, -0.1) is 0 Å². The lowest BCUT2D eigenvalue weighted by atomic mass is 9.76. The van der Waals surface area contributed by atoms with Gasteiger partial charge < -0.3 is 0 Å². The average molecular weight is 605 g/mol. The summed E-state index contributed by atoms with van der Waals surface area (Å²) in [6.45, 7) is 4.17. The van der Waals surface area contributed by atoms with Gasteiger partial charge in [0.15, 0.2) is 11.4 Å². The molecule has 0 amide bonds. The van der Waals surface area contributed by atoms with Crippen LogP contribution in [-0.4, -0.2) is 44.4 Å². The van der Waals surface area contributed by atoms with E-state index in [2.05, 4.69) is 21.9 Å². The van der Waals surface area contributed by atoms with Gasteiger partial charge in [0.25, 0.3) is 0 Å². The molecule has 6 nitrogen and oxygen atoms in total. The highest BCUT2D eigenvalue weighted by Gasteiger charge is 2.40. The van der Waals surface area contributed by atoms with E-state index in [1.165, 1.54) is 18.7 Å². The zero-order valence-electron chi connectivity index (χ0n) is 25.4. The fourth-order valence-corrected chi connectivity index (χ4v) is 7.48. The van der Waals surface area contributed by atoms with Crippen LogP contribution in [0.15, 0.2) is 47.9 Å². The third-order valence-corrected chi connectivity index (χ3v) is 9.89. The number of halogens is 3. The Kier molecular flexibility index (Phi) is 8.57. The van der Waals surface area contributed by atoms with Crippen LogP contribution in [0, 0.1) is 30.6 Å². The van der Waals surface area contributed by atoms with Gasteiger partial charge in [0.2, 0.25) is 0 Å². The molecule has 2 fully saturated rings. The molecule has 0 bridgehead atoms. The lowest BCUT2D eigenvalue weighted by Gasteiger charge is -2.28. The number of carbonyl (C=O) groups excluding carboxylic acids is 2. The van der Waals surface area contributed by atoms with Crippen molar-refractivity contribution in [3.8, 4) is 0 Å². The van der Waals surface area contributed by atoms with E-state index in [0.717, 1.165) is 55.2 Å². The van der Waals surface area contributed by atoms with Crippen LogP contribution in [0.3, 0.4) is 0 Å². The van der Waals surface area contributed by atoms with Gasteiger partial charge in [-0.2, -0.15) is 13.2 Å². The maximum absolute atomic E-state index is 13.5. The fraction of sp³-hybridized carbons (Fsp3) is 0.514. The van der Waals surface area contributed by atoms with Crippen molar-refractivity contribution in [2.75, 3.05) is 6.54 Å². The lowest BCUT2D eigenvalue weighted by Crippen LogP contribution is -2.23. The highest BCUT2D eigenvalue weighted by Crippen LogP contribution is 2.37. The Morgan fingerprint density at radius 2 is 1.75 bits per heavy atom. The minimum atomic E-state index is -4.54. The van der Waals surface area contributed by atoms with E-state index in [-0.39, 0.29) is 23.8 Å². The van der Waals surface area contributed by atoms with Gasteiger partial charge in [0.1, 0.15) is 11.5 Å². The number of carbonyl (C=O) groups is 2. The highest BCUT2D eigenvalue weighted by atomic mass is 19.4. The number of aryl methyl sites for hydroxylation is 1. The normalized spacial score (nSPS) is 24.0. The number of allylic oxidation sites excluding steroid dienone is 1. The molecule has 1 aliphatic heterocycles. The Bertz CT molecular complexity index is 1630. The van der Waals surface area contributed by atoms with Crippen LogP contribution < -0.4 is 0 Å². The lowest BCUT2D eigenvalue weighted by molar-refractivity contribution is -0.124. The highest BCUT2D eigenvalue weighted by molar-refractivity contribution is 6.27. The van der Waals surface area contributed by atoms with E-state index in [1.54, 1.807) is 16.8 Å². The van der Waals surface area contributed by atoms with Crippen LogP contribution >= 0.6 is 0 Å². The molecule has 0 saturated heterocycles. The van der Waals surface area contributed by atoms with Crippen LogP contribution in [0.4, 0.5) is 13.2 Å². The molecule has 0 spiro atoms. The van der Waals surface area contributed by atoms with Gasteiger partial charge in [0, 0.05) is 48.7 Å². The van der Waals surface area contributed by atoms with Crippen LogP contribution in [0.25, 0.3) is 11.2 Å². The summed E-state index contributed by atoms with van der Waals surface area (Å²) in [4.78, 5) is 38.6. The van der Waals surface area contributed by atoms with E-state index in [0.29, 0.717) is 59.8 Å². The van der Waals surface area contributed by atoms with Crippen molar-refractivity contribution in [2.45, 2.75) is 84.2 Å². The number of fused-ring (bicyclic) bond motifs is 1. The summed E-state index contributed by atoms with van der Waals surface area (Å²) in [7, 11) is 0. The smallest absolute Gasteiger partial charge is 0.299 e. The topological polar surface area (TPSA) is 76.7 Å². The van der Waals surface area contributed by atoms with Crippen molar-refractivity contribution in [2.24, 2.45) is 28.7 Å². The van der Waals surface area contributed by atoms with Crippen molar-refractivity contribution in [1.82, 2.24) is 14.4 Å². The molecular formula is C35H39F3N4O2. The maximum atomic E-state index is 13.5. The molecule has 2 aliphatic carbocycles. The van der Waals surface area contributed by atoms with E-state index >= 15 is 0 Å². The number of imidazole rings is 1. The van der Waals surface area contributed by atoms with Crippen molar-refractivity contribution in [3.05, 3.63) is 70.9 Å². The Morgan fingerprint density at radius 1 is 1.00 bits per heavy atom. The molecule has 0 N–H and O–H groups in total. The molecule has 0 unspecified atom stereocenters. The van der Waals surface area contributed by atoms with Crippen LogP contribution in [0.5, 0.6) is 0 Å². The summed E-state index contributed by atoms with van der Waals surface area (Å²) in [5.41, 5.74) is 3.18. The Labute approximate surface area is 255 Å². The van der Waals surface area contributed by atoms with E-state index in [1.807, 2.05) is 25.1 Å². The molecule has 44 heavy (non-hydrogen) atoms. The average Bonchev–Trinajstić information content (AvgIpc) is 3.74. The molecule has 232 valence electrons. The van der Waals surface area contributed by atoms with Crippen LogP contribution in [0.2, 0.25) is 0 Å². The van der Waals surface area contributed by atoms with Gasteiger partial charge >= 0.3 is 6.18 Å². The molecular weight excluding hydrogens is 565 g/mol. The Balaban J connectivity index is 1.07. The zero-order valence-corrected chi connectivity index (χ0v) is 25.4. The van der Waals surface area contributed by atoms with Gasteiger partial charge in [-0.1, -0.05) is 31.2 Å². The van der Waals surface area contributed by atoms with Crippen LogP contribution in [-0.2, 0) is 11.2 Å². The predicted molar refractivity (Wildman–Crippen MR) is 164 cm³/mol. The largest absolute Gasteiger partial charge is 0.433 e. The molecule has 3 aliphatic rings. The zero-order chi connectivity index (χ0) is 31.0. The van der Waals surface area contributed by atoms with Gasteiger partial charge in [-0.05, 0) is 80.8 Å². The molecule has 3 aromatic rings. The number of hydrogen-bond acceptors (Lipinski definition) is 5. The standard InChI is InChI=1S/C35H39F3N4O2/c1-21-3-9-26(15-21)31(43)18-23-4-6-24(7-5-23)19-32(44)27-10-8-25(16-22(27)2)17-29-34-41-20-30(42(34)14-13-39-29)28-11-12-40-33(28)35(36,37)38/h8,10-11,13-14,16,20-21,23-24,26H,3-7,9,12,15,17-19H2,1-2H3/t21-,23-,24+,26-/m0/s1. The Morgan fingerprint density at radius 3 is 2.43 bits per heavy atom.